The monoisotopic (exact) mass is 239 g/mol. The summed E-state index contributed by atoms with van der Waals surface area (Å²) in [5.74, 6) is 0.308. The highest BCUT2D eigenvalue weighted by Crippen LogP contribution is 2.16. The van der Waals surface area contributed by atoms with Gasteiger partial charge in [0.2, 0.25) is 5.91 Å². The maximum atomic E-state index is 12.2. The molecule has 0 aromatic rings. The smallest absolute Gasteiger partial charge is 0.246 e. The van der Waals surface area contributed by atoms with Crippen molar-refractivity contribution >= 4 is 11.7 Å². The fraction of sp³-hybridized carbons (Fsp3) is 0.714. The molecule has 0 radical (unpaired) electrons. The zero-order valence-corrected chi connectivity index (χ0v) is 11.7. The fourth-order valence-electron chi connectivity index (χ4n) is 1.88. The summed E-state index contributed by atoms with van der Waals surface area (Å²) in [7, 11) is 0. The van der Waals surface area contributed by atoms with Gasteiger partial charge in [0.1, 0.15) is 0 Å². The largest absolute Gasteiger partial charge is 0.329 e. The Kier molecular flexibility index (Phi) is 6.78. The number of rotatable bonds is 7. The molecule has 0 aliphatic rings. The van der Waals surface area contributed by atoms with Gasteiger partial charge in [0.25, 0.3) is 0 Å². The Bertz CT molecular complexity index is 282. The van der Waals surface area contributed by atoms with Gasteiger partial charge in [-0.1, -0.05) is 34.3 Å². The van der Waals surface area contributed by atoms with E-state index in [2.05, 4.69) is 20.4 Å². The molecule has 0 heterocycles. The first kappa shape index (κ1) is 15.9. The molecule has 3 nitrogen and oxygen atoms in total. The second kappa shape index (κ2) is 7.25. The number of Topliss-reactive ketones (excluding diaryl/α,β-unsaturated/α-hetero) is 1. The molecule has 17 heavy (non-hydrogen) atoms. The second-order valence-electron chi connectivity index (χ2n) is 5.03. The van der Waals surface area contributed by atoms with E-state index >= 15 is 0 Å². The SMILES string of the molecule is C=CC(=O)N(CC)C(CC(C)C)C(=O)C(C)C. The number of hydrogen-bond donors (Lipinski definition) is 0. The second-order valence-corrected chi connectivity index (χ2v) is 5.03. The van der Waals surface area contributed by atoms with E-state index in [0.717, 1.165) is 0 Å². The molecule has 0 spiro atoms. The summed E-state index contributed by atoms with van der Waals surface area (Å²) in [5.41, 5.74) is 0. The van der Waals surface area contributed by atoms with Crippen LogP contribution >= 0.6 is 0 Å². The Morgan fingerprint density at radius 3 is 2.06 bits per heavy atom. The van der Waals surface area contributed by atoms with E-state index in [0.29, 0.717) is 18.9 Å². The van der Waals surface area contributed by atoms with Crippen molar-refractivity contribution in [2.75, 3.05) is 6.54 Å². The third-order valence-electron chi connectivity index (χ3n) is 2.77. The van der Waals surface area contributed by atoms with Crippen molar-refractivity contribution in [1.29, 1.82) is 0 Å². The maximum absolute atomic E-state index is 12.2. The van der Waals surface area contributed by atoms with Crippen molar-refractivity contribution in [3.05, 3.63) is 12.7 Å². The Morgan fingerprint density at radius 1 is 1.24 bits per heavy atom. The van der Waals surface area contributed by atoms with Crippen molar-refractivity contribution in [1.82, 2.24) is 4.90 Å². The lowest BCUT2D eigenvalue weighted by Crippen LogP contribution is -2.46. The highest BCUT2D eigenvalue weighted by Gasteiger charge is 2.29. The van der Waals surface area contributed by atoms with Crippen LogP contribution in [0.1, 0.15) is 41.0 Å². The Balaban J connectivity index is 5.05. The topological polar surface area (TPSA) is 37.4 Å². The average Bonchev–Trinajstić information content (AvgIpc) is 2.26. The van der Waals surface area contributed by atoms with Crippen LogP contribution < -0.4 is 0 Å². The van der Waals surface area contributed by atoms with E-state index in [4.69, 9.17) is 0 Å². The van der Waals surface area contributed by atoms with Crippen molar-refractivity contribution in [3.8, 4) is 0 Å². The van der Waals surface area contributed by atoms with Crippen molar-refractivity contribution in [3.63, 3.8) is 0 Å². The zero-order chi connectivity index (χ0) is 13.6. The van der Waals surface area contributed by atoms with Crippen LogP contribution in [0.4, 0.5) is 0 Å². The third-order valence-corrected chi connectivity index (χ3v) is 2.77. The average molecular weight is 239 g/mol. The van der Waals surface area contributed by atoms with Gasteiger partial charge in [-0.2, -0.15) is 0 Å². The minimum atomic E-state index is -0.314. The number of likely N-dealkylation sites (N-methyl/N-ethyl adjacent to an activating group) is 1. The van der Waals surface area contributed by atoms with Gasteiger partial charge >= 0.3 is 0 Å². The lowest BCUT2D eigenvalue weighted by molar-refractivity contribution is -0.137. The van der Waals surface area contributed by atoms with Gasteiger partial charge in [0.15, 0.2) is 5.78 Å². The number of nitrogens with zero attached hydrogens (tertiary/aromatic N) is 1. The summed E-state index contributed by atoms with van der Waals surface area (Å²) in [6.07, 6.45) is 1.99. The summed E-state index contributed by atoms with van der Waals surface area (Å²) >= 11 is 0. The Hall–Kier alpha value is -1.12. The molecule has 0 saturated heterocycles. The van der Waals surface area contributed by atoms with Crippen LogP contribution in [0.5, 0.6) is 0 Å². The summed E-state index contributed by atoms with van der Waals surface area (Å²) in [4.78, 5) is 25.5. The molecule has 1 amide bonds. The molecule has 0 fully saturated rings. The first-order valence-corrected chi connectivity index (χ1v) is 6.31. The van der Waals surface area contributed by atoms with Crippen molar-refractivity contribution < 1.29 is 9.59 Å². The van der Waals surface area contributed by atoms with Crippen molar-refractivity contribution in [2.24, 2.45) is 11.8 Å². The predicted octanol–water partition coefficient (Wildman–Crippen LogP) is 2.66. The normalized spacial score (nSPS) is 12.6. The molecule has 0 aliphatic heterocycles. The van der Waals surface area contributed by atoms with Gasteiger partial charge in [-0.3, -0.25) is 9.59 Å². The predicted molar refractivity (Wildman–Crippen MR) is 70.7 cm³/mol. The van der Waals surface area contributed by atoms with Crippen LogP contribution in [-0.4, -0.2) is 29.2 Å². The van der Waals surface area contributed by atoms with Gasteiger partial charge in [0.05, 0.1) is 6.04 Å². The van der Waals surface area contributed by atoms with Crippen molar-refractivity contribution in [2.45, 2.75) is 47.1 Å². The highest BCUT2D eigenvalue weighted by molar-refractivity contribution is 5.94. The summed E-state index contributed by atoms with van der Waals surface area (Å²) in [6, 6.07) is -0.314. The maximum Gasteiger partial charge on any atom is 0.246 e. The molecule has 0 aromatic carbocycles. The molecule has 0 aromatic heterocycles. The minimum Gasteiger partial charge on any atom is -0.329 e. The van der Waals surface area contributed by atoms with Crippen LogP contribution in [0, 0.1) is 11.8 Å². The third kappa shape index (κ3) is 4.72. The van der Waals surface area contributed by atoms with Crippen LogP contribution in [0.15, 0.2) is 12.7 Å². The number of carbonyl (C=O) groups excluding carboxylic acids is 2. The van der Waals surface area contributed by atoms with Gasteiger partial charge < -0.3 is 4.90 Å². The van der Waals surface area contributed by atoms with Gasteiger partial charge in [-0.05, 0) is 25.3 Å². The number of hydrogen-bond acceptors (Lipinski definition) is 2. The van der Waals surface area contributed by atoms with E-state index in [1.165, 1.54) is 6.08 Å². The lowest BCUT2D eigenvalue weighted by atomic mass is 9.93. The number of amides is 1. The molecular formula is C14H25NO2. The highest BCUT2D eigenvalue weighted by atomic mass is 16.2. The first-order chi connectivity index (χ1) is 7.84. The van der Waals surface area contributed by atoms with E-state index in [1.807, 2.05) is 20.8 Å². The molecule has 0 aliphatic carbocycles. The summed E-state index contributed by atoms with van der Waals surface area (Å²) < 4.78 is 0. The van der Waals surface area contributed by atoms with Crippen LogP contribution in [-0.2, 0) is 9.59 Å². The molecule has 1 atom stereocenters. The van der Waals surface area contributed by atoms with Gasteiger partial charge in [-0.15, -0.1) is 0 Å². The standard InChI is InChI=1S/C14H25NO2/c1-7-13(16)15(8-2)12(9-10(3)4)14(17)11(5)6/h7,10-12H,1,8-9H2,2-6H3. The van der Waals surface area contributed by atoms with E-state index in [1.54, 1.807) is 4.90 Å². The molecule has 0 saturated carbocycles. The minimum absolute atomic E-state index is 0.0505. The molecule has 3 heteroatoms. The molecule has 1 unspecified atom stereocenters. The Labute approximate surface area is 105 Å². The zero-order valence-electron chi connectivity index (χ0n) is 11.7. The molecule has 98 valence electrons. The summed E-state index contributed by atoms with van der Waals surface area (Å²) in [6.45, 7) is 13.8. The molecular weight excluding hydrogens is 214 g/mol. The van der Waals surface area contributed by atoms with Crippen LogP contribution in [0.2, 0.25) is 0 Å². The molecule has 0 N–H and O–H groups in total. The number of ketones is 1. The van der Waals surface area contributed by atoms with Crippen LogP contribution in [0.25, 0.3) is 0 Å². The van der Waals surface area contributed by atoms with Crippen LogP contribution in [0.3, 0.4) is 0 Å². The molecule has 0 bridgehead atoms. The van der Waals surface area contributed by atoms with Gasteiger partial charge in [0, 0.05) is 12.5 Å². The molecule has 0 rings (SSSR count). The van der Waals surface area contributed by atoms with E-state index in [9.17, 15) is 9.59 Å². The van der Waals surface area contributed by atoms with Gasteiger partial charge in [-0.25, -0.2) is 0 Å². The fourth-order valence-corrected chi connectivity index (χ4v) is 1.88. The summed E-state index contributed by atoms with van der Waals surface area (Å²) in [5, 5.41) is 0. The number of carbonyl (C=O) groups is 2. The van der Waals surface area contributed by atoms with E-state index < -0.39 is 0 Å². The quantitative estimate of drug-likeness (QED) is 0.640. The first-order valence-electron chi connectivity index (χ1n) is 6.31. The lowest BCUT2D eigenvalue weighted by Gasteiger charge is -2.31. The van der Waals surface area contributed by atoms with E-state index in [-0.39, 0.29) is 23.7 Å². The Morgan fingerprint density at radius 2 is 1.76 bits per heavy atom.